The van der Waals surface area contributed by atoms with Gasteiger partial charge in [-0.3, -0.25) is 9.59 Å². The zero-order chi connectivity index (χ0) is 12.4. The van der Waals surface area contributed by atoms with E-state index in [1.807, 2.05) is 0 Å². The molecule has 0 bridgehead atoms. The topological polar surface area (TPSA) is 82.2 Å². The standard InChI is InChI=1S/C11H13ClN2O3/c12-9-5-4-8(13-9)10(15)14-7-3-1-2-6(7)11(16)17/h4-7,13H,1-3H2,(H,14,15)(H,16,17)/t6-,7-/m1/s1. The number of aromatic amines is 1. The van der Waals surface area contributed by atoms with Crippen molar-refractivity contribution in [2.24, 2.45) is 5.92 Å². The van der Waals surface area contributed by atoms with Gasteiger partial charge < -0.3 is 15.4 Å². The van der Waals surface area contributed by atoms with Crippen LogP contribution in [0.5, 0.6) is 0 Å². The second-order valence-electron chi connectivity index (χ2n) is 4.18. The molecule has 1 aromatic rings. The van der Waals surface area contributed by atoms with E-state index in [9.17, 15) is 9.59 Å². The molecule has 5 nitrogen and oxygen atoms in total. The maximum absolute atomic E-state index is 11.8. The number of hydrogen-bond donors (Lipinski definition) is 3. The monoisotopic (exact) mass is 256 g/mol. The van der Waals surface area contributed by atoms with E-state index >= 15 is 0 Å². The van der Waals surface area contributed by atoms with Gasteiger partial charge >= 0.3 is 5.97 Å². The second-order valence-corrected chi connectivity index (χ2v) is 4.58. The summed E-state index contributed by atoms with van der Waals surface area (Å²) in [4.78, 5) is 25.4. The summed E-state index contributed by atoms with van der Waals surface area (Å²) in [5.74, 6) is -1.64. The molecular weight excluding hydrogens is 244 g/mol. The van der Waals surface area contributed by atoms with E-state index in [-0.39, 0.29) is 11.9 Å². The van der Waals surface area contributed by atoms with Crippen LogP contribution >= 0.6 is 11.6 Å². The fraction of sp³-hybridized carbons (Fsp3) is 0.455. The van der Waals surface area contributed by atoms with Crippen molar-refractivity contribution < 1.29 is 14.7 Å². The van der Waals surface area contributed by atoms with Crippen molar-refractivity contribution in [3.63, 3.8) is 0 Å². The van der Waals surface area contributed by atoms with Crippen LogP contribution in [0, 0.1) is 5.92 Å². The number of halogens is 1. The summed E-state index contributed by atoms with van der Waals surface area (Å²) in [5.41, 5.74) is 0.353. The van der Waals surface area contributed by atoms with Gasteiger partial charge in [-0.15, -0.1) is 0 Å². The van der Waals surface area contributed by atoms with Crippen LogP contribution in [-0.4, -0.2) is 28.0 Å². The molecule has 0 aromatic carbocycles. The molecule has 1 saturated carbocycles. The van der Waals surface area contributed by atoms with Crippen LogP contribution in [0.15, 0.2) is 12.1 Å². The number of amides is 1. The Labute approximate surface area is 103 Å². The van der Waals surface area contributed by atoms with Gasteiger partial charge in [0.25, 0.3) is 5.91 Å². The van der Waals surface area contributed by atoms with Gasteiger partial charge in [0.2, 0.25) is 0 Å². The Morgan fingerprint density at radius 2 is 2.18 bits per heavy atom. The van der Waals surface area contributed by atoms with E-state index in [1.165, 1.54) is 0 Å². The number of carboxylic acids is 1. The Morgan fingerprint density at radius 3 is 2.76 bits per heavy atom. The van der Waals surface area contributed by atoms with Gasteiger partial charge in [0.1, 0.15) is 10.8 Å². The third kappa shape index (κ3) is 2.61. The maximum atomic E-state index is 11.8. The molecule has 0 spiro atoms. The number of nitrogens with one attached hydrogen (secondary N) is 2. The minimum absolute atomic E-state index is 0.290. The highest BCUT2D eigenvalue weighted by molar-refractivity contribution is 6.29. The number of rotatable bonds is 3. The van der Waals surface area contributed by atoms with E-state index in [0.717, 1.165) is 6.42 Å². The lowest BCUT2D eigenvalue weighted by molar-refractivity contribution is -0.142. The number of carbonyl (C=O) groups is 2. The van der Waals surface area contributed by atoms with Crippen molar-refractivity contribution in [2.45, 2.75) is 25.3 Å². The maximum Gasteiger partial charge on any atom is 0.308 e. The molecule has 1 fully saturated rings. The molecule has 17 heavy (non-hydrogen) atoms. The molecule has 92 valence electrons. The van der Waals surface area contributed by atoms with Crippen molar-refractivity contribution in [1.29, 1.82) is 0 Å². The van der Waals surface area contributed by atoms with Crippen LogP contribution in [0.25, 0.3) is 0 Å². The first-order chi connectivity index (χ1) is 8.08. The Bertz CT molecular complexity index is 444. The summed E-state index contributed by atoms with van der Waals surface area (Å²) in [6.45, 7) is 0. The van der Waals surface area contributed by atoms with E-state index in [4.69, 9.17) is 16.7 Å². The molecule has 1 aliphatic rings. The zero-order valence-corrected chi connectivity index (χ0v) is 9.83. The quantitative estimate of drug-likeness (QED) is 0.769. The highest BCUT2D eigenvalue weighted by Crippen LogP contribution is 2.26. The number of carbonyl (C=O) groups excluding carboxylic acids is 1. The summed E-state index contributed by atoms with van der Waals surface area (Å²) < 4.78 is 0. The number of aromatic nitrogens is 1. The Balaban J connectivity index is 2.01. The lowest BCUT2D eigenvalue weighted by Crippen LogP contribution is -2.40. The molecular formula is C11H13ClN2O3. The molecule has 1 aromatic heterocycles. The van der Waals surface area contributed by atoms with Gasteiger partial charge in [0, 0.05) is 6.04 Å². The predicted molar refractivity (Wildman–Crippen MR) is 62.0 cm³/mol. The highest BCUT2D eigenvalue weighted by atomic mass is 35.5. The van der Waals surface area contributed by atoms with Gasteiger partial charge in [0.05, 0.1) is 5.92 Å². The Morgan fingerprint density at radius 1 is 1.41 bits per heavy atom. The molecule has 0 aliphatic heterocycles. The fourth-order valence-corrected chi connectivity index (χ4v) is 2.34. The van der Waals surface area contributed by atoms with E-state index < -0.39 is 11.9 Å². The minimum Gasteiger partial charge on any atom is -0.481 e. The van der Waals surface area contributed by atoms with Crippen molar-refractivity contribution >= 4 is 23.5 Å². The summed E-state index contributed by atoms with van der Waals surface area (Å²) in [5, 5.41) is 12.1. The van der Waals surface area contributed by atoms with Crippen molar-refractivity contribution in [1.82, 2.24) is 10.3 Å². The summed E-state index contributed by atoms with van der Waals surface area (Å²) >= 11 is 5.67. The SMILES string of the molecule is O=C(N[C@@H]1CCC[C@H]1C(=O)O)c1ccc(Cl)[nH]1. The molecule has 0 saturated heterocycles. The van der Waals surface area contributed by atoms with E-state index in [2.05, 4.69) is 10.3 Å². The van der Waals surface area contributed by atoms with Crippen molar-refractivity contribution in [3.8, 4) is 0 Å². The first kappa shape index (κ1) is 12.0. The van der Waals surface area contributed by atoms with Crippen LogP contribution in [0.4, 0.5) is 0 Å². The Kier molecular flexibility index (Phi) is 3.38. The number of hydrogen-bond acceptors (Lipinski definition) is 2. The summed E-state index contributed by atoms with van der Waals surface area (Å²) in [6.07, 6.45) is 2.15. The third-order valence-electron chi connectivity index (χ3n) is 3.04. The molecule has 1 amide bonds. The average Bonchev–Trinajstić information content (AvgIpc) is 2.86. The van der Waals surface area contributed by atoms with Crippen molar-refractivity contribution in [2.75, 3.05) is 0 Å². The van der Waals surface area contributed by atoms with Crippen LogP contribution in [0.1, 0.15) is 29.8 Å². The van der Waals surface area contributed by atoms with Crippen molar-refractivity contribution in [3.05, 3.63) is 23.0 Å². The fourth-order valence-electron chi connectivity index (χ4n) is 2.18. The lowest BCUT2D eigenvalue weighted by Gasteiger charge is -2.16. The predicted octanol–water partition coefficient (Wildman–Crippen LogP) is 1.65. The van der Waals surface area contributed by atoms with E-state index in [0.29, 0.717) is 23.7 Å². The van der Waals surface area contributed by atoms with E-state index in [1.54, 1.807) is 12.1 Å². The summed E-state index contributed by atoms with van der Waals surface area (Å²) in [7, 11) is 0. The molecule has 1 heterocycles. The number of aliphatic carboxylic acids is 1. The largest absolute Gasteiger partial charge is 0.481 e. The molecule has 0 radical (unpaired) electrons. The van der Waals surface area contributed by atoms with Gasteiger partial charge in [-0.05, 0) is 25.0 Å². The number of carboxylic acid groups (broad SMARTS) is 1. The molecule has 0 unspecified atom stereocenters. The van der Waals surface area contributed by atoms with Crippen LogP contribution in [0.3, 0.4) is 0 Å². The normalized spacial score (nSPS) is 23.6. The summed E-state index contributed by atoms with van der Waals surface area (Å²) in [6, 6.07) is 2.87. The average molecular weight is 257 g/mol. The lowest BCUT2D eigenvalue weighted by atomic mass is 10.0. The Hall–Kier alpha value is -1.49. The second kappa shape index (κ2) is 4.79. The third-order valence-corrected chi connectivity index (χ3v) is 3.27. The van der Waals surface area contributed by atoms with Gasteiger partial charge in [0.15, 0.2) is 0 Å². The molecule has 2 rings (SSSR count). The molecule has 2 atom stereocenters. The van der Waals surface area contributed by atoms with Gasteiger partial charge in [-0.2, -0.15) is 0 Å². The molecule has 3 N–H and O–H groups in total. The zero-order valence-electron chi connectivity index (χ0n) is 9.07. The van der Waals surface area contributed by atoms with Gasteiger partial charge in [-0.25, -0.2) is 0 Å². The first-order valence-electron chi connectivity index (χ1n) is 5.46. The van der Waals surface area contributed by atoms with Crippen LogP contribution < -0.4 is 5.32 Å². The highest BCUT2D eigenvalue weighted by Gasteiger charge is 2.34. The van der Waals surface area contributed by atoms with Crippen LogP contribution in [0.2, 0.25) is 5.15 Å². The minimum atomic E-state index is -0.850. The van der Waals surface area contributed by atoms with Crippen LogP contribution in [-0.2, 0) is 4.79 Å². The molecule has 1 aliphatic carbocycles. The smallest absolute Gasteiger partial charge is 0.308 e. The first-order valence-corrected chi connectivity index (χ1v) is 5.84. The molecule has 6 heteroatoms. The van der Waals surface area contributed by atoms with Gasteiger partial charge in [-0.1, -0.05) is 18.0 Å². The number of H-pyrrole nitrogens is 1.